The first kappa shape index (κ1) is 9.62. The Hall–Kier alpha value is -0.470. The summed E-state index contributed by atoms with van der Waals surface area (Å²) in [4.78, 5) is 0. The van der Waals surface area contributed by atoms with Crippen molar-refractivity contribution in [1.82, 2.24) is 5.32 Å². The molecule has 0 saturated carbocycles. The Kier molecular flexibility index (Phi) is 3.63. The Morgan fingerprint density at radius 3 is 2.67 bits per heavy atom. The van der Waals surface area contributed by atoms with Crippen LogP contribution in [0.3, 0.4) is 0 Å². The zero-order valence-electron chi connectivity index (χ0n) is 7.43. The van der Waals surface area contributed by atoms with E-state index < -0.39 is 0 Å². The molecule has 0 aliphatic carbocycles. The molecule has 2 nitrogen and oxygen atoms in total. The van der Waals surface area contributed by atoms with E-state index in [4.69, 9.17) is 16.0 Å². The predicted octanol–water partition coefficient (Wildman–Crippen LogP) is 2.99. The highest BCUT2D eigenvalue weighted by atomic mass is 35.5. The molecule has 0 aliphatic rings. The summed E-state index contributed by atoms with van der Waals surface area (Å²) >= 11 is 5.67. The molecule has 1 aromatic rings. The largest absolute Gasteiger partial charge is 0.448 e. The van der Waals surface area contributed by atoms with E-state index in [1.54, 1.807) is 6.07 Å². The summed E-state index contributed by atoms with van der Waals surface area (Å²) in [5.74, 6) is 0.921. The second-order valence-electron chi connectivity index (χ2n) is 2.66. The van der Waals surface area contributed by atoms with Crippen molar-refractivity contribution in [1.29, 1.82) is 0 Å². The van der Waals surface area contributed by atoms with Crippen molar-refractivity contribution >= 4 is 11.6 Å². The number of hydrogen-bond acceptors (Lipinski definition) is 2. The highest BCUT2D eigenvalue weighted by molar-refractivity contribution is 6.28. The first-order chi connectivity index (χ1) is 5.77. The molecule has 3 heteroatoms. The fourth-order valence-electron chi connectivity index (χ4n) is 1.21. The fraction of sp³-hybridized carbons (Fsp3) is 0.556. The smallest absolute Gasteiger partial charge is 0.193 e. The van der Waals surface area contributed by atoms with Gasteiger partial charge in [-0.15, -0.1) is 0 Å². The van der Waals surface area contributed by atoms with E-state index in [1.807, 2.05) is 6.07 Å². The molecule has 1 atom stereocenters. The summed E-state index contributed by atoms with van der Waals surface area (Å²) in [6.07, 6.45) is 1.01. The van der Waals surface area contributed by atoms with Gasteiger partial charge in [0.15, 0.2) is 5.22 Å². The lowest BCUT2D eigenvalue weighted by Gasteiger charge is -2.11. The lowest BCUT2D eigenvalue weighted by molar-refractivity contribution is 0.412. The molecule has 1 heterocycles. The monoisotopic (exact) mass is 187 g/mol. The van der Waals surface area contributed by atoms with Gasteiger partial charge in [-0.3, -0.25) is 0 Å². The van der Waals surface area contributed by atoms with Gasteiger partial charge in [-0.25, -0.2) is 0 Å². The molecule has 0 saturated heterocycles. The number of hydrogen-bond donors (Lipinski definition) is 1. The molecule has 68 valence electrons. The molecule has 1 unspecified atom stereocenters. The zero-order valence-corrected chi connectivity index (χ0v) is 8.19. The fourth-order valence-corrected chi connectivity index (χ4v) is 1.36. The minimum Gasteiger partial charge on any atom is -0.448 e. The van der Waals surface area contributed by atoms with Crippen LogP contribution in [0.1, 0.15) is 32.1 Å². The Morgan fingerprint density at radius 1 is 1.50 bits per heavy atom. The summed E-state index contributed by atoms with van der Waals surface area (Å²) in [5, 5.41) is 3.77. The Labute approximate surface area is 77.9 Å². The van der Waals surface area contributed by atoms with Crippen LogP contribution >= 0.6 is 11.6 Å². The van der Waals surface area contributed by atoms with E-state index in [0.29, 0.717) is 11.3 Å². The Morgan fingerprint density at radius 2 is 2.25 bits per heavy atom. The first-order valence-corrected chi connectivity index (χ1v) is 4.64. The van der Waals surface area contributed by atoms with Crippen LogP contribution in [0, 0.1) is 0 Å². The summed E-state index contributed by atoms with van der Waals surface area (Å²) in [7, 11) is 0. The third-order valence-electron chi connectivity index (χ3n) is 1.80. The maximum absolute atomic E-state index is 5.67. The van der Waals surface area contributed by atoms with Crippen molar-refractivity contribution in [2.75, 3.05) is 6.54 Å². The Balaban J connectivity index is 2.66. The third-order valence-corrected chi connectivity index (χ3v) is 2.00. The molecule has 0 radical (unpaired) electrons. The van der Waals surface area contributed by atoms with E-state index in [0.717, 1.165) is 18.7 Å². The summed E-state index contributed by atoms with van der Waals surface area (Å²) in [6, 6.07) is 3.98. The molecule has 0 aliphatic heterocycles. The first-order valence-electron chi connectivity index (χ1n) is 4.26. The third kappa shape index (κ3) is 2.26. The lowest BCUT2D eigenvalue weighted by Crippen LogP contribution is -2.19. The topological polar surface area (TPSA) is 25.2 Å². The van der Waals surface area contributed by atoms with Crippen molar-refractivity contribution in [3.63, 3.8) is 0 Å². The van der Waals surface area contributed by atoms with E-state index >= 15 is 0 Å². The standard InChI is InChI=1S/C9H14ClNO/c1-3-7(11-4-2)8-5-6-9(10)12-8/h5-7,11H,3-4H2,1-2H3. The van der Waals surface area contributed by atoms with Crippen LogP contribution in [-0.4, -0.2) is 6.54 Å². The molecule has 0 spiro atoms. The lowest BCUT2D eigenvalue weighted by atomic mass is 10.2. The van der Waals surface area contributed by atoms with Crippen LogP contribution in [0.5, 0.6) is 0 Å². The van der Waals surface area contributed by atoms with Gasteiger partial charge in [0.05, 0.1) is 6.04 Å². The van der Waals surface area contributed by atoms with Gasteiger partial charge in [0.2, 0.25) is 0 Å². The molecular formula is C9H14ClNO. The minimum absolute atomic E-state index is 0.294. The van der Waals surface area contributed by atoms with Crippen molar-refractivity contribution < 1.29 is 4.42 Å². The van der Waals surface area contributed by atoms with Gasteiger partial charge in [0.25, 0.3) is 0 Å². The number of furan rings is 1. The van der Waals surface area contributed by atoms with E-state index in [-0.39, 0.29) is 0 Å². The van der Waals surface area contributed by atoms with Gasteiger partial charge < -0.3 is 9.73 Å². The maximum Gasteiger partial charge on any atom is 0.193 e. The van der Waals surface area contributed by atoms with Crippen LogP contribution in [0.15, 0.2) is 16.5 Å². The average Bonchev–Trinajstić information content (AvgIpc) is 2.47. The van der Waals surface area contributed by atoms with Crippen LogP contribution in [0.4, 0.5) is 0 Å². The summed E-state index contributed by atoms with van der Waals surface area (Å²) in [5.41, 5.74) is 0. The molecule has 0 fully saturated rings. The molecule has 12 heavy (non-hydrogen) atoms. The zero-order chi connectivity index (χ0) is 8.97. The minimum atomic E-state index is 0.294. The van der Waals surface area contributed by atoms with Crippen molar-refractivity contribution in [3.05, 3.63) is 23.1 Å². The van der Waals surface area contributed by atoms with Gasteiger partial charge >= 0.3 is 0 Å². The van der Waals surface area contributed by atoms with E-state index in [9.17, 15) is 0 Å². The summed E-state index contributed by atoms with van der Waals surface area (Å²) in [6.45, 7) is 5.13. The molecule has 1 aromatic heterocycles. The van der Waals surface area contributed by atoms with Gasteiger partial charge in [0.1, 0.15) is 5.76 Å². The van der Waals surface area contributed by atoms with Crippen LogP contribution in [0.25, 0.3) is 0 Å². The van der Waals surface area contributed by atoms with Gasteiger partial charge in [-0.2, -0.15) is 0 Å². The second kappa shape index (κ2) is 4.53. The van der Waals surface area contributed by atoms with Crippen molar-refractivity contribution in [2.24, 2.45) is 0 Å². The second-order valence-corrected chi connectivity index (χ2v) is 3.03. The molecule has 1 rings (SSSR count). The number of nitrogens with one attached hydrogen (secondary N) is 1. The molecule has 0 amide bonds. The number of halogens is 1. The maximum atomic E-state index is 5.67. The molecule has 0 bridgehead atoms. The average molecular weight is 188 g/mol. The molecule has 1 N–H and O–H groups in total. The van der Waals surface area contributed by atoms with Crippen molar-refractivity contribution in [2.45, 2.75) is 26.3 Å². The van der Waals surface area contributed by atoms with Crippen molar-refractivity contribution in [3.8, 4) is 0 Å². The van der Waals surface area contributed by atoms with Crippen LogP contribution in [0.2, 0.25) is 5.22 Å². The SMILES string of the molecule is CCNC(CC)c1ccc(Cl)o1. The Bertz CT molecular complexity index is 234. The van der Waals surface area contributed by atoms with E-state index in [2.05, 4.69) is 19.2 Å². The normalized spacial score (nSPS) is 13.2. The summed E-state index contributed by atoms with van der Waals surface area (Å²) < 4.78 is 5.29. The highest BCUT2D eigenvalue weighted by Crippen LogP contribution is 2.21. The molecule has 0 aromatic carbocycles. The highest BCUT2D eigenvalue weighted by Gasteiger charge is 2.10. The quantitative estimate of drug-likeness (QED) is 0.784. The van der Waals surface area contributed by atoms with Crippen LogP contribution < -0.4 is 5.32 Å². The van der Waals surface area contributed by atoms with Gasteiger partial charge in [-0.1, -0.05) is 13.8 Å². The number of rotatable bonds is 4. The predicted molar refractivity (Wildman–Crippen MR) is 50.4 cm³/mol. The van der Waals surface area contributed by atoms with Crippen LogP contribution in [-0.2, 0) is 0 Å². The van der Waals surface area contributed by atoms with E-state index in [1.165, 1.54) is 0 Å². The van der Waals surface area contributed by atoms with Gasteiger partial charge in [0, 0.05) is 0 Å². The molecular weight excluding hydrogens is 174 g/mol. The van der Waals surface area contributed by atoms with Gasteiger partial charge in [-0.05, 0) is 36.7 Å².